The van der Waals surface area contributed by atoms with Gasteiger partial charge in [0, 0.05) is 0 Å². The predicted molar refractivity (Wildman–Crippen MR) is 127 cm³/mol. The molecule has 3 amide bonds. The van der Waals surface area contributed by atoms with E-state index in [9.17, 15) is 24.3 Å². The molecule has 6 N–H and O–H groups in total. The molecule has 0 heterocycles. The van der Waals surface area contributed by atoms with E-state index >= 15 is 0 Å². The number of hydrogen-bond acceptors (Lipinski definition) is 7. The summed E-state index contributed by atoms with van der Waals surface area (Å²) < 4.78 is 0. The minimum Gasteiger partial charge on any atom is -0.480 e. The molecule has 9 nitrogen and oxygen atoms in total. The van der Waals surface area contributed by atoms with Gasteiger partial charge in [-0.1, -0.05) is 27.7 Å². The molecule has 4 unspecified atom stereocenters. The second-order valence-electron chi connectivity index (χ2n) is 8.02. The van der Waals surface area contributed by atoms with Crippen molar-refractivity contribution in [2.75, 3.05) is 24.0 Å². The van der Waals surface area contributed by atoms with Crippen molar-refractivity contribution < 1.29 is 24.3 Å². The second-order valence-corrected chi connectivity index (χ2v) is 9.99. The Morgan fingerprint density at radius 2 is 1.26 bits per heavy atom. The fraction of sp³-hybridized carbons (Fsp3) is 0.800. The van der Waals surface area contributed by atoms with Gasteiger partial charge in [0.25, 0.3) is 0 Å². The van der Waals surface area contributed by atoms with Gasteiger partial charge >= 0.3 is 5.97 Å². The lowest BCUT2D eigenvalue weighted by Gasteiger charge is -2.27. The number of nitrogens with one attached hydrogen (secondary N) is 3. The van der Waals surface area contributed by atoms with E-state index in [1.807, 2.05) is 26.4 Å². The van der Waals surface area contributed by atoms with Crippen molar-refractivity contribution in [2.24, 2.45) is 17.6 Å². The van der Waals surface area contributed by atoms with Gasteiger partial charge in [-0.2, -0.15) is 23.5 Å². The smallest absolute Gasteiger partial charge is 0.326 e. The normalized spacial score (nSPS) is 15.1. The molecule has 0 aliphatic heterocycles. The van der Waals surface area contributed by atoms with Crippen LogP contribution in [0.1, 0.15) is 40.5 Å². The highest BCUT2D eigenvalue weighted by Gasteiger charge is 2.31. The minimum atomic E-state index is -1.12. The summed E-state index contributed by atoms with van der Waals surface area (Å²) in [6, 6.07) is -3.56. The van der Waals surface area contributed by atoms with Crippen molar-refractivity contribution in [3.05, 3.63) is 0 Å². The maximum atomic E-state index is 12.9. The number of carboxylic acids is 1. The Balaban J connectivity index is 5.35. The van der Waals surface area contributed by atoms with Crippen LogP contribution in [0.5, 0.6) is 0 Å². The lowest BCUT2D eigenvalue weighted by molar-refractivity contribution is -0.142. The molecule has 0 bridgehead atoms. The Morgan fingerprint density at radius 3 is 1.68 bits per heavy atom. The SMILES string of the molecule is CSCCC(NC(=O)C(CCSC)NC(=O)C(NC(=O)C(N)C(C)C)C(C)C)C(=O)O. The monoisotopic (exact) mass is 478 g/mol. The molecule has 180 valence electrons. The van der Waals surface area contributed by atoms with Crippen molar-refractivity contribution in [2.45, 2.75) is 64.7 Å². The van der Waals surface area contributed by atoms with Gasteiger partial charge in [-0.05, 0) is 48.7 Å². The molecule has 0 aliphatic rings. The van der Waals surface area contributed by atoms with Gasteiger partial charge in [-0.3, -0.25) is 14.4 Å². The van der Waals surface area contributed by atoms with Gasteiger partial charge in [-0.15, -0.1) is 0 Å². The first-order valence-electron chi connectivity index (χ1n) is 10.3. The van der Waals surface area contributed by atoms with Gasteiger partial charge in [0.2, 0.25) is 17.7 Å². The molecule has 0 rings (SSSR count). The molecule has 0 radical (unpaired) electrons. The number of aliphatic carboxylic acids is 1. The van der Waals surface area contributed by atoms with E-state index in [0.29, 0.717) is 17.9 Å². The third-order valence-electron chi connectivity index (χ3n) is 4.74. The largest absolute Gasteiger partial charge is 0.480 e. The highest BCUT2D eigenvalue weighted by Crippen LogP contribution is 2.08. The Labute approximate surface area is 193 Å². The number of carbonyl (C=O) groups excluding carboxylic acids is 3. The third kappa shape index (κ3) is 11.1. The zero-order chi connectivity index (χ0) is 24.1. The topological polar surface area (TPSA) is 151 Å². The average molecular weight is 479 g/mol. The van der Waals surface area contributed by atoms with Crippen LogP contribution in [0.4, 0.5) is 0 Å². The standard InChI is InChI=1S/C20H38N4O5S2/c1-11(2)15(21)18(26)24-16(12(3)4)19(27)22-13(7-9-30-5)17(25)23-14(20(28)29)8-10-31-6/h11-16H,7-10,21H2,1-6H3,(H,22,27)(H,23,25)(H,24,26)(H,28,29). The molecule has 0 aromatic carbocycles. The molecule has 4 atom stereocenters. The van der Waals surface area contributed by atoms with Crippen LogP contribution in [0, 0.1) is 11.8 Å². The van der Waals surface area contributed by atoms with E-state index in [2.05, 4.69) is 16.0 Å². The Kier molecular flexibility index (Phi) is 14.6. The summed E-state index contributed by atoms with van der Waals surface area (Å²) >= 11 is 2.99. The fourth-order valence-corrected chi connectivity index (χ4v) is 3.56. The van der Waals surface area contributed by atoms with Gasteiger partial charge in [0.05, 0.1) is 6.04 Å². The van der Waals surface area contributed by atoms with Gasteiger partial charge in [0.1, 0.15) is 18.1 Å². The van der Waals surface area contributed by atoms with Gasteiger partial charge in [-0.25, -0.2) is 4.79 Å². The first kappa shape index (κ1) is 29.5. The third-order valence-corrected chi connectivity index (χ3v) is 6.02. The molecule has 0 aromatic heterocycles. The zero-order valence-electron chi connectivity index (χ0n) is 19.3. The number of thioether (sulfide) groups is 2. The van der Waals surface area contributed by atoms with Crippen LogP contribution in [0.15, 0.2) is 0 Å². The summed E-state index contributed by atoms with van der Waals surface area (Å²) in [6.45, 7) is 7.19. The summed E-state index contributed by atoms with van der Waals surface area (Å²) in [6.07, 6.45) is 4.34. The lowest BCUT2D eigenvalue weighted by atomic mass is 10.00. The number of hydrogen-bond donors (Lipinski definition) is 5. The number of rotatable bonds is 15. The average Bonchev–Trinajstić information content (AvgIpc) is 2.70. The summed E-state index contributed by atoms with van der Waals surface area (Å²) in [5.41, 5.74) is 5.88. The Bertz CT molecular complexity index is 604. The van der Waals surface area contributed by atoms with E-state index in [-0.39, 0.29) is 18.3 Å². The first-order valence-corrected chi connectivity index (χ1v) is 13.1. The molecule has 31 heavy (non-hydrogen) atoms. The minimum absolute atomic E-state index is 0.0924. The number of nitrogens with two attached hydrogens (primary N) is 1. The molecular weight excluding hydrogens is 440 g/mol. The van der Waals surface area contributed by atoms with Crippen molar-refractivity contribution in [3.8, 4) is 0 Å². The van der Waals surface area contributed by atoms with Gasteiger partial charge in [0.15, 0.2) is 0 Å². The van der Waals surface area contributed by atoms with Gasteiger partial charge < -0.3 is 26.8 Å². The summed E-state index contributed by atoms with van der Waals surface area (Å²) in [5, 5.41) is 17.3. The highest BCUT2D eigenvalue weighted by molar-refractivity contribution is 7.98. The molecule has 0 aromatic rings. The Hall–Kier alpha value is -1.46. The molecule has 0 fully saturated rings. The van der Waals surface area contributed by atoms with Crippen LogP contribution in [0.25, 0.3) is 0 Å². The molecule has 0 saturated carbocycles. The predicted octanol–water partition coefficient (Wildman–Crippen LogP) is 0.671. The van der Waals surface area contributed by atoms with Crippen molar-refractivity contribution in [1.29, 1.82) is 0 Å². The second kappa shape index (κ2) is 15.4. The number of amides is 3. The quantitative estimate of drug-likeness (QED) is 0.230. The lowest BCUT2D eigenvalue weighted by Crippen LogP contribution is -2.59. The molecule has 0 spiro atoms. The maximum absolute atomic E-state index is 12.9. The summed E-state index contributed by atoms with van der Waals surface area (Å²) in [5.74, 6) is -1.76. The van der Waals surface area contributed by atoms with Crippen LogP contribution in [-0.2, 0) is 19.2 Å². The van der Waals surface area contributed by atoms with Crippen LogP contribution in [0.3, 0.4) is 0 Å². The summed E-state index contributed by atoms with van der Waals surface area (Å²) in [4.78, 5) is 49.5. The van der Waals surface area contributed by atoms with Crippen molar-refractivity contribution >= 4 is 47.2 Å². The van der Waals surface area contributed by atoms with Crippen molar-refractivity contribution in [1.82, 2.24) is 16.0 Å². The maximum Gasteiger partial charge on any atom is 0.326 e. The zero-order valence-corrected chi connectivity index (χ0v) is 20.9. The van der Waals surface area contributed by atoms with E-state index in [4.69, 9.17) is 5.73 Å². The first-order chi connectivity index (χ1) is 14.5. The van der Waals surface area contributed by atoms with Crippen molar-refractivity contribution in [3.63, 3.8) is 0 Å². The molecule has 0 saturated heterocycles. The van der Waals surface area contributed by atoms with E-state index in [1.54, 1.807) is 13.8 Å². The van der Waals surface area contributed by atoms with Crippen LogP contribution in [0.2, 0.25) is 0 Å². The number of carboxylic acid groups (broad SMARTS) is 1. The Morgan fingerprint density at radius 1 is 0.774 bits per heavy atom. The van der Waals surface area contributed by atoms with E-state index in [1.165, 1.54) is 23.5 Å². The summed E-state index contributed by atoms with van der Waals surface area (Å²) in [7, 11) is 0. The van der Waals surface area contributed by atoms with E-state index in [0.717, 1.165) is 0 Å². The van der Waals surface area contributed by atoms with Crippen LogP contribution in [-0.4, -0.2) is 77.0 Å². The number of carbonyl (C=O) groups is 4. The molecular formula is C20H38N4O5S2. The van der Waals surface area contributed by atoms with E-state index < -0.39 is 47.9 Å². The highest BCUT2D eigenvalue weighted by atomic mass is 32.2. The van der Waals surface area contributed by atoms with Crippen LogP contribution >= 0.6 is 23.5 Å². The molecule has 11 heteroatoms. The molecule has 0 aliphatic carbocycles. The fourth-order valence-electron chi connectivity index (χ4n) is 2.62. The van der Waals surface area contributed by atoms with Crippen LogP contribution < -0.4 is 21.7 Å².